The van der Waals surface area contributed by atoms with Crippen LogP contribution in [0.15, 0.2) is 24.5 Å². The first-order valence-corrected chi connectivity index (χ1v) is 5.16. The van der Waals surface area contributed by atoms with Gasteiger partial charge in [0.05, 0.1) is 11.0 Å². The molecule has 0 radical (unpaired) electrons. The predicted octanol–water partition coefficient (Wildman–Crippen LogP) is 2.93. The Hall–Kier alpha value is -1.15. The summed E-state index contributed by atoms with van der Waals surface area (Å²) >= 11 is 5.72. The van der Waals surface area contributed by atoms with Crippen molar-refractivity contribution in [1.82, 2.24) is 9.97 Å². The fourth-order valence-corrected chi connectivity index (χ4v) is 1.50. The monoisotopic (exact) mass is 206 g/mol. The lowest BCUT2D eigenvalue weighted by atomic mass is 10.2. The van der Waals surface area contributed by atoms with E-state index in [0.29, 0.717) is 5.88 Å². The maximum atomic E-state index is 5.72. The molecule has 0 amide bonds. The van der Waals surface area contributed by atoms with Crippen molar-refractivity contribution in [3.63, 3.8) is 0 Å². The number of alkyl halides is 1. The summed E-state index contributed by atoms with van der Waals surface area (Å²) in [7, 11) is 0. The van der Waals surface area contributed by atoms with E-state index in [-0.39, 0.29) is 0 Å². The van der Waals surface area contributed by atoms with Gasteiger partial charge in [-0.3, -0.25) is 9.97 Å². The van der Waals surface area contributed by atoms with E-state index in [2.05, 4.69) is 23.0 Å². The topological polar surface area (TPSA) is 25.8 Å². The van der Waals surface area contributed by atoms with Crippen LogP contribution in [-0.4, -0.2) is 9.97 Å². The standard InChI is InChI=1S/C11H11ClN2/c1-2-8-3-10-11(13-6-8)4-9(5-12)7-14-10/h3-4,6-7H,2,5H2,1H3. The molecule has 0 unspecified atom stereocenters. The third-order valence-electron chi connectivity index (χ3n) is 2.21. The van der Waals surface area contributed by atoms with Crippen LogP contribution < -0.4 is 0 Å². The average Bonchev–Trinajstić information content (AvgIpc) is 2.27. The molecule has 0 N–H and O–H groups in total. The van der Waals surface area contributed by atoms with E-state index < -0.39 is 0 Å². The SMILES string of the molecule is CCc1cnc2cc(CCl)cnc2c1. The molecule has 2 aromatic rings. The van der Waals surface area contributed by atoms with Gasteiger partial charge in [0.2, 0.25) is 0 Å². The maximum Gasteiger partial charge on any atom is 0.0890 e. The number of aromatic nitrogens is 2. The molecule has 0 bridgehead atoms. The van der Waals surface area contributed by atoms with Crippen molar-refractivity contribution < 1.29 is 0 Å². The minimum atomic E-state index is 0.486. The first-order chi connectivity index (χ1) is 6.83. The number of halogens is 1. The lowest BCUT2D eigenvalue weighted by Crippen LogP contribution is -1.89. The van der Waals surface area contributed by atoms with Crippen LogP contribution in [0, 0.1) is 0 Å². The molecule has 0 fully saturated rings. The summed E-state index contributed by atoms with van der Waals surface area (Å²) in [6.45, 7) is 2.11. The summed E-state index contributed by atoms with van der Waals surface area (Å²) in [4.78, 5) is 8.65. The number of hydrogen-bond acceptors (Lipinski definition) is 2. The Balaban J connectivity index is 2.57. The molecule has 14 heavy (non-hydrogen) atoms. The zero-order valence-corrected chi connectivity index (χ0v) is 8.75. The zero-order valence-electron chi connectivity index (χ0n) is 8.00. The van der Waals surface area contributed by atoms with E-state index in [4.69, 9.17) is 11.6 Å². The van der Waals surface area contributed by atoms with Gasteiger partial charge in [0.25, 0.3) is 0 Å². The van der Waals surface area contributed by atoms with Crippen LogP contribution in [0.4, 0.5) is 0 Å². The molecule has 0 aliphatic carbocycles. The minimum Gasteiger partial charge on any atom is -0.254 e. The Labute approximate surface area is 88.0 Å². The highest BCUT2D eigenvalue weighted by molar-refractivity contribution is 6.17. The number of aryl methyl sites for hydroxylation is 1. The molecule has 72 valence electrons. The Morgan fingerprint density at radius 3 is 2.21 bits per heavy atom. The van der Waals surface area contributed by atoms with Crippen molar-refractivity contribution in [3.8, 4) is 0 Å². The first-order valence-electron chi connectivity index (χ1n) is 4.63. The van der Waals surface area contributed by atoms with E-state index >= 15 is 0 Å². The maximum absolute atomic E-state index is 5.72. The second-order valence-electron chi connectivity index (χ2n) is 3.21. The van der Waals surface area contributed by atoms with Gasteiger partial charge in [0.1, 0.15) is 0 Å². The normalized spacial score (nSPS) is 10.7. The van der Waals surface area contributed by atoms with Crippen LogP contribution >= 0.6 is 11.6 Å². The fourth-order valence-electron chi connectivity index (χ4n) is 1.35. The van der Waals surface area contributed by atoms with Crippen LogP contribution in [0.3, 0.4) is 0 Å². The highest BCUT2D eigenvalue weighted by Gasteiger charge is 1.99. The second-order valence-corrected chi connectivity index (χ2v) is 3.48. The molecule has 2 aromatic heterocycles. The van der Waals surface area contributed by atoms with Crippen LogP contribution in [0.2, 0.25) is 0 Å². The molecule has 0 aliphatic heterocycles. The Kier molecular flexibility index (Phi) is 2.64. The number of nitrogens with zero attached hydrogens (tertiary/aromatic N) is 2. The lowest BCUT2D eigenvalue weighted by Gasteiger charge is -2.01. The highest BCUT2D eigenvalue weighted by atomic mass is 35.5. The average molecular weight is 207 g/mol. The van der Waals surface area contributed by atoms with Crippen molar-refractivity contribution in [2.75, 3.05) is 0 Å². The Morgan fingerprint density at radius 1 is 1.07 bits per heavy atom. The number of pyridine rings is 2. The molecule has 0 aromatic carbocycles. The molecule has 2 rings (SSSR count). The van der Waals surface area contributed by atoms with Gasteiger partial charge in [-0.05, 0) is 29.7 Å². The lowest BCUT2D eigenvalue weighted by molar-refractivity contribution is 1.11. The van der Waals surface area contributed by atoms with Crippen molar-refractivity contribution in [2.24, 2.45) is 0 Å². The largest absolute Gasteiger partial charge is 0.254 e. The van der Waals surface area contributed by atoms with Gasteiger partial charge in [-0.25, -0.2) is 0 Å². The van der Waals surface area contributed by atoms with Gasteiger partial charge in [-0.2, -0.15) is 0 Å². The van der Waals surface area contributed by atoms with E-state index in [1.54, 1.807) is 6.20 Å². The second kappa shape index (κ2) is 3.93. The summed E-state index contributed by atoms with van der Waals surface area (Å²) in [5.74, 6) is 0.486. The summed E-state index contributed by atoms with van der Waals surface area (Å²) in [6, 6.07) is 4.05. The summed E-state index contributed by atoms with van der Waals surface area (Å²) in [6.07, 6.45) is 4.68. The quantitative estimate of drug-likeness (QED) is 0.707. The van der Waals surface area contributed by atoms with Gasteiger partial charge >= 0.3 is 0 Å². The fraction of sp³-hybridized carbons (Fsp3) is 0.273. The Morgan fingerprint density at radius 2 is 1.64 bits per heavy atom. The minimum absolute atomic E-state index is 0.486. The van der Waals surface area contributed by atoms with Crippen LogP contribution in [0.5, 0.6) is 0 Å². The van der Waals surface area contributed by atoms with E-state index in [9.17, 15) is 0 Å². The molecule has 3 heteroatoms. The molecular formula is C11H11ClN2. The van der Waals surface area contributed by atoms with Gasteiger partial charge in [0, 0.05) is 18.3 Å². The molecule has 2 nitrogen and oxygen atoms in total. The van der Waals surface area contributed by atoms with Crippen molar-refractivity contribution in [2.45, 2.75) is 19.2 Å². The summed E-state index contributed by atoms with van der Waals surface area (Å²) in [5, 5.41) is 0. The molecular weight excluding hydrogens is 196 g/mol. The number of fused-ring (bicyclic) bond motifs is 1. The van der Waals surface area contributed by atoms with Crippen molar-refractivity contribution in [3.05, 3.63) is 35.7 Å². The highest BCUT2D eigenvalue weighted by Crippen LogP contribution is 2.13. The first kappa shape index (κ1) is 9.41. The molecule has 0 aliphatic rings. The third kappa shape index (κ3) is 1.70. The predicted molar refractivity (Wildman–Crippen MR) is 58.5 cm³/mol. The van der Waals surface area contributed by atoms with E-state index in [0.717, 1.165) is 23.0 Å². The van der Waals surface area contributed by atoms with Gasteiger partial charge < -0.3 is 0 Å². The van der Waals surface area contributed by atoms with Gasteiger partial charge in [0.15, 0.2) is 0 Å². The van der Waals surface area contributed by atoms with Crippen LogP contribution in [-0.2, 0) is 12.3 Å². The zero-order chi connectivity index (χ0) is 9.97. The number of rotatable bonds is 2. The summed E-state index contributed by atoms with van der Waals surface area (Å²) in [5.41, 5.74) is 4.08. The van der Waals surface area contributed by atoms with E-state index in [1.807, 2.05) is 12.3 Å². The molecule has 2 heterocycles. The number of hydrogen-bond donors (Lipinski definition) is 0. The smallest absolute Gasteiger partial charge is 0.0890 e. The third-order valence-corrected chi connectivity index (χ3v) is 2.52. The molecule has 0 saturated heterocycles. The Bertz CT molecular complexity index is 411. The van der Waals surface area contributed by atoms with Crippen molar-refractivity contribution in [1.29, 1.82) is 0 Å². The van der Waals surface area contributed by atoms with Crippen LogP contribution in [0.1, 0.15) is 18.1 Å². The molecule has 0 spiro atoms. The summed E-state index contributed by atoms with van der Waals surface area (Å²) < 4.78 is 0. The molecule has 0 saturated carbocycles. The van der Waals surface area contributed by atoms with Crippen molar-refractivity contribution >= 4 is 22.6 Å². The van der Waals surface area contributed by atoms with Crippen LogP contribution in [0.25, 0.3) is 11.0 Å². The van der Waals surface area contributed by atoms with Gasteiger partial charge in [-0.15, -0.1) is 11.6 Å². The van der Waals surface area contributed by atoms with Gasteiger partial charge in [-0.1, -0.05) is 6.92 Å². The van der Waals surface area contributed by atoms with E-state index in [1.165, 1.54) is 5.56 Å². The molecule has 0 atom stereocenters.